The van der Waals surface area contributed by atoms with Crippen molar-refractivity contribution in [2.24, 2.45) is 0 Å². The lowest BCUT2D eigenvalue weighted by Gasteiger charge is -2.13. The molecule has 1 aliphatic heterocycles. The van der Waals surface area contributed by atoms with Crippen molar-refractivity contribution < 1.29 is 9.18 Å². The van der Waals surface area contributed by atoms with Crippen LogP contribution in [0.5, 0.6) is 0 Å². The van der Waals surface area contributed by atoms with Crippen LogP contribution in [0.2, 0.25) is 0 Å². The van der Waals surface area contributed by atoms with Gasteiger partial charge in [-0.05, 0) is 41.0 Å². The maximum absolute atomic E-state index is 13.5. The van der Waals surface area contributed by atoms with E-state index in [1.807, 2.05) is 24.3 Å². The Labute approximate surface area is 132 Å². The summed E-state index contributed by atoms with van der Waals surface area (Å²) in [6.07, 6.45) is 0.399. The van der Waals surface area contributed by atoms with Crippen molar-refractivity contribution in [2.45, 2.75) is 11.2 Å². The SMILES string of the molecule is O=C1Cc2cc(C(Br)c3cc(F)cc(Br)c3)ccc2N1. The van der Waals surface area contributed by atoms with Crippen LogP contribution in [0.25, 0.3) is 0 Å². The first kappa shape index (κ1) is 13.8. The van der Waals surface area contributed by atoms with Crippen LogP contribution in [-0.2, 0) is 11.2 Å². The molecule has 0 saturated carbocycles. The highest BCUT2D eigenvalue weighted by Crippen LogP contribution is 2.35. The lowest BCUT2D eigenvalue weighted by Crippen LogP contribution is -2.03. The first-order chi connectivity index (χ1) is 9.52. The van der Waals surface area contributed by atoms with Gasteiger partial charge in [0, 0.05) is 10.2 Å². The molecule has 1 heterocycles. The molecule has 1 aliphatic rings. The number of hydrogen-bond acceptors (Lipinski definition) is 1. The first-order valence-corrected chi connectivity index (χ1v) is 7.76. The molecule has 1 amide bonds. The van der Waals surface area contributed by atoms with E-state index in [9.17, 15) is 9.18 Å². The normalized spacial score (nSPS) is 14.8. The molecule has 2 nitrogen and oxygen atoms in total. The van der Waals surface area contributed by atoms with E-state index in [4.69, 9.17) is 0 Å². The molecule has 0 radical (unpaired) electrons. The molecule has 0 aromatic heterocycles. The number of fused-ring (bicyclic) bond motifs is 1. The van der Waals surface area contributed by atoms with Gasteiger partial charge in [0.25, 0.3) is 0 Å². The number of nitrogens with one attached hydrogen (secondary N) is 1. The Hall–Kier alpha value is -1.20. The fourth-order valence-electron chi connectivity index (χ4n) is 2.32. The third kappa shape index (κ3) is 2.65. The average Bonchev–Trinajstić information content (AvgIpc) is 2.75. The molecule has 1 N–H and O–H groups in total. The second kappa shape index (κ2) is 5.30. The van der Waals surface area contributed by atoms with Gasteiger partial charge in [-0.1, -0.05) is 44.0 Å². The number of halogens is 3. The minimum Gasteiger partial charge on any atom is -0.326 e. The standard InChI is InChI=1S/C15H10Br2FNO/c16-11-4-10(5-12(18)7-11)15(17)8-1-2-13-9(3-8)6-14(20)19-13/h1-5,7,15H,6H2,(H,19,20). The van der Waals surface area contributed by atoms with E-state index < -0.39 is 0 Å². The lowest BCUT2D eigenvalue weighted by molar-refractivity contribution is -0.115. The van der Waals surface area contributed by atoms with Gasteiger partial charge in [0.1, 0.15) is 5.82 Å². The lowest BCUT2D eigenvalue weighted by atomic mass is 10.0. The Kier molecular flexibility index (Phi) is 3.65. The van der Waals surface area contributed by atoms with Crippen LogP contribution in [-0.4, -0.2) is 5.91 Å². The zero-order valence-electron chi connectivity index (χ0n) is 10.3. The van der Waals surface area contributed by atoms with E-state index >= 15 is 0 Å². The quantitative estimate of drug-likeness (QED) is 0.737. The second-order valence-corrected chi connectivity index (χ2v) is 6.54. The maximum atomic E-state index is 13.5. The molecular formula is C15H10Br2FNO. The first-order valence-electron chi connectivity index (χ1n) is 6.05. The molecule has 2 aromatic rings. The van der Waals surface area contributed by atoms with Crippen molar-refractivity contribution in [3.8, 4) is 0 Å². The summed E-state index contributed by atoms with van der Waals surface area (Å²) in [5, 5.41) is 2.80. The molecule has 102 valence electrons. The predicted molar refractivity (Wildman–Crippen MR) is 83.6 cm³/mol. The van der Waals surface area contributed by atoms with E-state index in [0.29, 0.717) is 10.9 Å². The summed E-state index contributed by atoms with van der Waals surface area (Å²) in [7, 11) is 0. The predicted octanol–water partition coefficient (Wildman–Crippen LogP) is 4.57. The fourth-order valence-corrected chi connectivity index (χ4v) is 3.35. The molecule has 0 fully saturated rings. The number of carbonyl (C=O) groups excluding carboxylic acids is 1. The Morgan fingerprint density at radius 3 is 2.70 bits per heavy atom. The van der Waals surface area contributed by atoms with E-state index in [2.05, 4.69) is 37.2 Å². The van der Waals surface area contributed by atoms with Crippen molar-refractivity contribution in [3.05, 3.63) is 63.4 Å². The number of anilines is 1. The second-order valence-electron chi connectivity index (χ2n) is 4.71. The van der Waals surface area contributed by atoms with Crippen LogP contribution in [0.15, 0.2) is 40.9 Å². The monoisotopic (exact) mass is 397 g/mol. The molecule has 1 unspecified atom stereocenters. The molecule has 0 bridgehead atoms. The molecule has 2 aromatic carbocycles. The number of hydrogen-bond donors (Lipinski definition) is 1. The zero-order valence-corrected chi connectivity index (χ0v) is 13.5. The van der Waals surface area contributed by atoms with Gasteiger partial charge < -0.3 is 5.32 Å². The Balaban J connectivity index is 1.97. The average molecular weight is 399 g/mol. The summed E-state index contributed by atoms with van der Waals surface area (Å²) in [6, 6.07) is 10.6. The molecular weight excluding hydrogens is 389 g/mol. The number of rotatable bonds is 2. The highest BCUT2D eigenvalue weighted by molar-refractivity contribution is 9.10. The zero-order chi connectivity index (χ0) is 14.3. The third-order valence-electron chi connectivity index (χ3n) is 3.22. The summed E-state index contributed by atoms with van der Waals surface area (Å²) >= 11 is 6.89. The van der Waals surface area contributed by atoms with Crippen LogP contribution < -0.4 is 5.32 Å². The third-order valence-corrected chi connectivity index (χ3v) is 4.74. The number of amides is 1. The molecule has 0 spiro atoms. The van der Waals surface area contributed by atoms with Gasteiger partial charge in [0.15, 0.2) is 0 Å². The van der Waals surface area contributed by atoms with Gasteiger partial charge in [-0.2, -0.15) is 0 Å². The summed E-state index contributed by atoms with van der Waals surface area (Å²) in [5.41, 5.74) is 3.66. The molecule has 0 saturated heterocycles. The van der Waals surface area contributed by atoms with Crippen molar-refractivity contribution >= 4 is 43.5 Å². The minimum absolute atomic E-state index is 0.0109. The summed E-state index contributed by atoms with van der Waals surface area (Å²) in [6.45, 7) is 0. The summed E-state index contributed by atoms with van der Waals surface area (Å²) in [5.74, 6) is -0.270. The Bertz CT molecular complexity index is 682. The van der Waals surface area contributed by atoms with E-state index in [1.54, 1.807) is 0 Å². The van der Waals surface area contributed by atoms with Gasteiger partial charge in [0.2, 0.25) is 5.91 Å². The topological polar surface area (TPSA) is 29.1 Å². The van der Waals surface area contributed by atoms with Crippen LogP contribution >= 0.6 is 31.9 Å². The van der Waals surface area contributed by atoms with Crippen molar-refractivity contribution in [1.82, 2.24) is 0 Å². The van der Waals surface area contributed by atoms with Gasteiger partial charge in [0.05, 0.1) is 11.2 Å². The van der Waals surface area contributed by atoms with Gasteiger partial charge in [-0.3, -0.25) is 4.79 Å². The maximum Gasteiger partial charge on any atom is 0.228 e. The Morgan fingerprint density at radius 2 is 1.95 bits per heavy atom. The fraction of sp³-hybridized carbons (Fsp3) is 0.133. The molecule has 3 rings (SSSR count). The summed E-state index contributed by atoms with van der Waals surface area (Å²) < 4.78 is 14.2. The molecule has 20 heavy (non-hydrogen) atoms. The van der Waals surface area contributed by atoms with Crippen LogP contribution in [0, 0.1) is 5.82 Å². The Morgan fingerprint density at radius 1 is 1.15 bits per heavy atom. The van der Waals surface area contributed by atoms with Gasteiger partial charge >= 0.3 is 0 Å². The molecule has 5 heteroatoms. The molecule has 1 atom stereocenters. The number of carbonyl (C=O) groups is 1. The van der Waals surface area contributed by atoms with E-state index in [1.165, 1.54) is 12.1 Å². The van der Waals surface area contributed by atoms with Gasteiger partial charge in [-0.25, -0.2) is 4.39 Å². The largest absolute Gasteiger partial charge is 0.326 e. The van der Waals surface area contributed by atoms with Gasteiger partial charge in [-0.15, -0.1) is 0 Å². The smallest absolute Gasteiger partial charge is 0.228 e. The summed E-state index contributed by atoms with van der Waals surface area (Å²) in [4.78, 5) is 11.2. The highest BCUT2D eigenvalue weighted by atomic mass is 79.9. The van der Waals surface area contributed by atoms with Crippen LogP contribution in [0.4, 0.5) is 10.1 Å². The highest BCUT2D eigenvalue weighted by Gasteiger charge is 2.20. The van der Waals surface area contributed by atoms with Crippen molar-refractivity contribution in [3.63, 3.8) is 0 Å². The van der Waals surface area contributed by atoms with E-state index in [0.717, 1.165) is 22.4 Å². The minimum atomic E-state index is -0.281. The van der Waals surface area contributed by atoms with Crippen molar-refractivity contribution in [1.29, 1.82) is 0 Å². The number of alkyl halides is 1. The van der Waals surface area contributed by atoms with Crippen LogP contribution in [0.3, 0.4) is 0 Å². The van der Waals surface area contributed by atoms with Crippen molar-refractivity contribution in [2.75, 3.05) is 5.32 Å². The van der Waals surface area contributed by atoms with E-state index in [-0.39, 0.29) is 16.6 Å². The number of benzene rings is 2. The van der Waals surface area contributed by atoms with Crippen LogP contribution in [0.1, 0.15) is 21.5 Å². The molecule has 0 aliphatic carbocycles.